The van der Waals surface area contributed by atoms with E-state index in [2.05, 4.69) is 43.9 Å². The topological polar surface area (TPSA) is 80.9 Å². The molecule has 1 fully saturated rings. The lowest BCUT2D eigenvalue weighted by Crippen LogP contribution is -2.39. The summed E-state index contributed by atoms with van der Waals surface area (Å²) in [6.07, 6.45) is 5.14. The SMILES string of the molecule is CCc1nnc2n1CCN(CC(=O)Nc1ccnn1C(C)C1CC1)C2. The number of rotatable bonds is 6. The Labute approximate surface area is 147 Å². The summed E-state index contributed by atoms with van der Waals surface area (Å²) in [5.74, 6) is 3.45. The second-order valence-corrected chi connectivity index (χ2v) is 7.04. The van der Waals surface area contributed by atoms with Crippen molar-refractivity contribution in [2.24, 2.45) is 5.92 Å². The van der Waals surface area contributed by atoms with Gasteiger partial charge in [-0.3, -0.25) is 9.69 Å². The highest BCUT2D eigenvalue weighted by Gasteiger charge is 2.31. The van der Waals surface area contributed by atoms with E-state index in [0.29, 0.717) is 25.0 Å². The van der Waals surface area contributed by atoms with E-state index in [4.69, 9.17) is 0 Å². The summed E-state index contributed by atoms with van der Waals surface area (Å²) in [5, 5.41) is 15.9. The fraction of sp³-hybridized carbons (Fsp3) is 0.647. The molecular formula is C17H25N7O. The van der Waals surface area contributed by atoms with E-state index in [1.807, 2.05) is 10.7 Å². The van der Waals surface area contributed by atoms with Crippen LogP contribution in [0.5, 0.6) is 0 Å². The van der Waals surface area contributed by atoms with Gasteiger partial charge >= 0.3 is 0 Å². The highest BCUT2D eigenvalue weighted by molar-refractivity contribution is 5.91. The molecule has 1 atom stereocenters. The zero-order valence-corrected chi connectivity index (χ0v) is 14.9. The van der Waals surface area contributed by atoms with E-state index in [1.165, 1.54) is 12.8 Å². The van der Waals surface area contributed by atoms with Gasteiger partial charge in [0.1, 0.15) is 17.5 Å². The maximum absolute atomic E-state index is 12.5. The van der Waals surface area contributed by atoms with Crippen LogP contribution in [0.1, 0.15) is 44.4 Å². The smallest absolute Gasteiger partial charge is 0.239 e. The van der Waals surface area contributed by atoms with Crippen molar-refractivity contribution in [1.29, 1.82) is 0 Å². The minimum Gasteiger partial charge on any atom is -0.313 e. The lowest BCUT2D eigenvalue weighted by atomic mass is 10.2. The molecule has 4 rings (SSSR count). The molecule has 1 aliphatic carbocycles. The molecule has 25 heavy (non-hydrogen) atoms. The van der Waals surface area contributed by atoms with Crippen molar-refractivity contribution in [3.05, 3.63) is 23.9 Å². The number of hydrogen-bond acceptors (Lipinski definition) is 5. The first-order chi connectivity index (χ1) is 12.2. The molecule has 1 N–H and O–H groups in total. The van der Waals surface area contributed by atoms with E-state index in [9.17, 15) is 4.79 Å². The van der Waals surface area contributed by atoms with Gasteiger partial charge < -0.3 is 9.88 Å². The Morgan fingerprint density at radius 1 is 1.36 bits per heavy atom. The summed E-state index contributed by atoms with van der Waals surface area (Å²) >= 11 is 0. The van der Waals surface area contributed by atoms with Gasteiger partial charge in [0.25, 0.3) is 0 Å². The van der Waals surface area contributed by atoms with Crippen LogP contribution in [-0.4, -0.2) is 48.4 Å². The van der Waals surface area contributed by atoms with Crippen molar-refractivity contribution in [2.45, 2.75) is 52.2 Å². The molecule has 0 radical (unpaired) electrons. The van der Waals surface area contributed by atoms with Crippen LogP contribution in [-0.2, 0) is 24.3 Å². The predicted octanol–water partition coefficient (Wildman–Crippen LogP) is 1.46. The number of hydrogen-bond donors (Lipinski definition) is 1. The van der Waals surface area contributed by atoms with Crippen molar-refractivity contribution in [2.75, 3.05) is 18.4 Å². The van der Waals surface area contributed by atoms with Gasteiger partial charge in [0.15, 0.2) is 0 Å². The highest BCUT2D eigenvalue weighted by Crippen LogP contribution is 2.40. The monoisotopic (exact) mass is 343 g/mol. The Kier molecular flexibility index (Phi) is 4.29. The van der Waals surface area contributed by atoms with Gasteiger partial charge in [0.05, 0.1) is 25.3 Å². The second kappa shape index (κ2) is 6.59. The number of nitrogens with one attached hydrogen (secondary N) is 1. The molecule has 134 valence electrons. The van der Waals surface area contributed by atoms with E-state index in [0.717, 1.165) is 37.0 Å². The lowest BCUT2D eigenvalue weighted by Gasteiger charge is -2.27. The van der Waals surface area contributed by atoms with Crippen LogP contribution < -0.4 is 5.32 Å². The maximum Gasteiger partial charge on any atom is 0.239 e. The first-order valence-corrected chi connectivity index (χ1v) is 9.12. The van der Waals surface area contributed by atoms with Crippen molar-refractivity contribution >= 4 is 11.7 Å². The molecule has 0 spiro atoms. The maximum atomic E-state index is 12.5. The van der Waals surface area contributed by atoms with E-state index >= 15 is 0 Å². The molecule has 2 aliphatic rings. The summed E-state index contributed by atoms with van der Waals surface area (Å²) in [4.78, 5) is 14.6. The Morgan fingerprint density at radius 3 is 2.96 bits per heavy atom. The molecule has 0 aromatic carbocycles. The number of fused-ring (bicyclic) bond motifs is 1. The Balaban J connectivity index is 1.36. The number of nitrogens with zero attached hydrogens (tertiary/aromatic N) is 6. The summed E-state index contributed by atoms with van der Waals surface area (Å²) in [5.41, 5.74) is 0. The van der Waals surface area contributed by atoms with Crippen LogP contribution in [0.15, 0.2) is 12.3 Å². The van der Waals surface area contributed by atoms with Gasteiger partial charge in [-0.15, -0.1) is 10.2 Å². The molecule has 1 unspecified atom stereocenters. The number of amides is 1. The van der Waals surface area contributed by atoms with E-state index in [1.54, 1.807) is 6.20 Å². The lowest BCUT2D eigenvalue weighted by molar-refractivity contribution is -0.117. The number of carbonyl (C=O) groups excluding carboxylic acids is 1. The summed E-state index contributed by atoms with van der Waals surface area (Å²) in [6, 6.07) is 2.21. The van der Waals surface area contributed by atoms with E-state index in [-0.39, 0.29) is 5.91 Å². The normalized spacial score (nSPS) is 18.8. The first kappa shape index (κ1) is 16.3. The average Bonchev–Trinajstić information content (AvgIpc) is 3.22. The quantitative estimate of drug-likeness (QED) is 0.859. The van der Waals surface area contributed by atoms with Gasteiger partial charge in [0, 0.05) is 25.6 Å². The van der Waals surface area contributed by atoms with Crippen LogP contribution in [0.3, 0.4) is 0 Å². The Hall–Kier alpha value is -2.22. The van der Waals surface area contributed by atoms with Gasteiger partial charge in [-0.25, -0.2) is 4.68 Å². The number of aryl methyl sites for hydroxylation is 1. The molecule has 0 bridgehead atoms. The third-order valence-electron chi connectivity index (χ3n) is 5.22. The number of carbonyl (C=O) groups is 1. The van der Waals surface area contributed by atoms with Crippen molar-refractivity contribution in [3.8, 4) is 0 Å². The fourth-order valence-corrected chi connectivity index (χ4v) is 3.57. The zero-order valence-electron chi connectivity index (χ0n) is 14.9. The molecule has 1 saturated carbocycles. The van der Waals surface area contributed by atoms with Crippen LogP contribution >= 0.6 is 0 Å². The highest BCUT2D eigenvalue weighted by atomic mass is 16.2. The van der Waals surface area contributed by atoms with Crippen molar-refractivity contribution in [1.82, 2.24) is 29.4 Å². The molecule has 8 heteroatoms. The minimum atomic E-state index is -0.00609. The molecule has 3 heterocycles. The number of aromatic nitrogens is 5. The molecule has 8 nitrogen and oxygen atoms in total. The van der Waals surface area contributed by atoms with Crippen molar-refractivity contribution in [3.63, 3.8) is 0 Å². The molecular weight excluding hydrogens is 318 g/mol. The first-order valence-electron chi connectivity index (χ1n) is 9.12. The van der Waals surface area contributed by atoms with Gasteiger partial charge in [-0.05, 0) is 25.7 Å². The average molecular weight is 343 g/mol. The largest absolute Gasteiger partial charge is 0.313 e. The van der Waals surface area contributed by atoms with Crippen LogP contribution in [0, 0.1) is 5.92 Å². The summed E-state index contributed by atoms with van der Waals surface area (Å²) in [6.45, 7) is 6.96. The van der Waals surface area contributed by atoms with Gasteiger partial charge in [-0.1, -0.05) is 6.92 Å². The van der Waals surface area contributed by atoms with Crippen molar-refractivity contribution < 1.29 is 4.79 Å². The number of anilines is 1. The third-order valence-corrected chi connectivity index (χ3v) is 5.22. The predicted molar refractivity (Wildman–Crippen MR) is 93.0 cm³/mol. The Bertz CT molecular complexity index is 761. The zero-order chi connectivity index (χ0) is 17.4. The van der Waals surface area contributed by atoms with Crippen LogP contribution in [0.2, 0.25) is 0 Å². The standard InChI is InChI=1S/C17H25N7O/c1-3-14-20-21-16-10-22(8-9-23(14)16)11-17(25)19-15-6-7-18-24(15)12(2)13-4-5-13/h6-7,12-13H,3-5,8-11H2,1-2H3,(H,19,25). The third kappa shape index (κ3) is 3.30. The van der Waals surface area contributed by atoms with Crippen LogP contribution in [0.4, 0.5) is 5.82 Å². The summed E-state index contributed by atoms with van der Waals surface area (Å²) in [7, 11) is 0. The molecule has 2 aromatic heterocycles. The molecule has 0 saturated heterocycles. The Morgan fingerprint density at radius 2 is 2.20 bits per heavy atom. The summed E-state index contributed by atoms with van der Waals surface area (Å²) < 4.78 is 4.11. The van der Waals surface area contributed by atoms with Gasteiger partial charge in [-0.2, -0.15) is 5.10 Å². The molecule has 1 aliphatic heterocycles. The van der Waals surface area contributed by atoms with Crippen LogP contribution in [0.25, 0.3) is 0 Å². The van der Waals surface area contributed by atoms with Gasteiger partial charge in [0.2, 0.25) is 5.91 Å². The fourth-order valence-electron chi connectivity index (χ4n) is 3.57. The molecule has 2 aromatic rings. The molecule has 1 amide bonds. The minimum absolute atomic E-state index is 0.00609. The second-order valence-electron chi connectivity index (χ2n) is 7.04. The van der Waals surface area contributed by atoms with E-state index < -0.39 is 0 Å².